The molecule has 0 radical (unpaired) electrons. The van der Waals surface area contributed by atoms with Crippen molar-refractivity contribution in [1.29, 1.82) is 0 Å². The number of benzene rings is 2. The second-order valence-corrected chi connectivity index (χ2v) is 4.69. The minimum atomic E-state index is -1.12. The van der Waals surface area contributed by atoms with E-state index >= 15 is 0 Å². The molecule has 19 heavy (non-hydrogen) atoms. The van der Waals surface area contributed by atoms with E-state index in [1.807, 2.05) is 22.6 Å². The highest BCUT2D eigenvalue weighted by Crippen LogP contribution is 2.32. The molecule has 0 bridgehead atoms. The average Bonchev–Trinajstić information content (AvgIpc) is 2.35. The van der Waals surface area contributed by atoms with E-state index < -0.39 is 28.0 Å². The van der Waals surface area contributed by atoms with Gasteiger partial charge < -0.3 is 4.74 Å². The van der Waals surface area contributed by atoms with Gasteiger partial charge in [0.15, 0.2) is 17.4 Å². The molecule has 0 unspecified atom stereocenters. The molecule has 2 rings (SSSR count). The highest BCUT2D eigenvalue weighted by molar-refractivity contribution is 14.1. The van der Waals surface area contributed by atoms with Crippen molar-refractivity contribution in [3.05, 3.63) is 61.7 Å². The van der Waals surface area contributed by atoms with E-state index in [0.717, 1.165) is 0 Å². The van der Waals surface area contributed by atoms with Crippen LogP contribution in [-0.2, 0) is 0 Å². The number of nitrogens with zero attached hydrogens (tertiary/aromatic N) is 1. The molecule has 0 aliphatic rings. The third-order valence-corrected chi connectivity index (χ3v) is 3.13. The van der Waals surface area contributed by atoms with E-state index in [4.69, 9.17) is 4.74 Å². The van der Waals surface area contributed by atoms with Gasteiger partial charge in [-0.15, -0.1) is 0 Å². The lowest BCUT2D eigenvalue weighted by Gasteiger charge is -2.09. The number of hydrogen-bond donors (Lipinski definition) is 0. The number of halogens is 3. The Morgan fingerprint density at radius 2 is 1.74 bits per heavy atom. The zero-order chi connectivity index (χ0) is 14.0. The SMILES string of the molecule is O=[N+]([O-])c1cc(F)c(Oc2ccccc2I)c(F)c1. The highest BCUT2D eigenvalue weighted by Gasteiger charge is 2.19. The summed E-state index contributed by atoms with van der Waals surface area (Å²) < 4.78 is 33.0. The molecule has 0 spiro atoms. The molecule has 0 heterocycles. The van der Waals surface area contributed by atoms with Crippen molar-refractivity contribution in [1.82, 2.24) is 0 Å². The van der Waals surface area contributed by atoms with E-state index in [9.17, 15) is 18.9 Å². The number of para-hydroxylation sites is 1. The fourth-order valence-electron chi connectivity index (χ4n) is 1.39. The van der Waals surface area contributed by atoms with Crippen molar-refractivity contribution in [2.45, 2.75) is 0 Å². The average molecular weight is 377 g/mol. The van der Waals surface area contributed by atoms with Gasteiger partial charge in [0.25, 0.3) is 5.69 Å². The second kappa shape index (κ2) is 5.47. The summed E-state index contributed by atoms with van der Waals surface area (Å²) in [5, 5.41) is 10.5. The zero-order valence-corrected chi connectivity index (χ0v) is 11.4. The molecule has 0 aliphatic carbocycles. The van der Waals surface area contributed by atoms with Crippen LogP contribution in [0.3, 0.4) is 0 Å². The Kier molecular flexibility index (Phi) is 3.93. The van der Waals surface area contributed by atoms with Crippen LogP contribution in [0.5, 0.6) is 11.5 Å². The lowest BCUT2D eigenvalue weighted by atomic mass is 10.2. The van der Waals surface area contributed by atoms with Crippen molar-refractivity contribution in [3.63, 3.8) is 0 Å². The van der Waals surface area contributed by atoms with Crippen molar-refractivity contribution < 1.29 is 18.4 Å². The molecule has 0 atom stereocenters. The largest absolute Gasteiger partial charge is 0.450 e. The predicted molar refractivity (Wildman–Crippen MR) is 72.2 cm³/mol. The van der Waals surface area contributed by atoms with Crippen molar-refractivity contribution in [2.24, 2.45) is 0 Å². The van der Waals surface area contributed by atoms with Gasteiger partial charge in [-0.3, -0.25) is 10.1 Å². The molecule has 0 saturated carbocycles. The second-order valence-electron chi connectivity index (χ2n) is 3.53. The maximum atomic E-state index is 13.6. The minimum Gasteiger partial charge on any atom is -0.450 e. The summed E-state index contributed by atoms with van der Waals surface area (Å²) in [5.41, 5.74) is -0.662. The Morgan fingerprint density at radius 3 is 2.26 bits per heavy atom. The third kappa shape index (κ3) is 2.98. The van der Waals surface area contributed by atoms with Crippen LogP contribution < -0.4 is 4.74 Å². The lowest BCUT2D eigenvalue weighted by Crippen LogP contribution is -1.97. The van der Waals surface area contributed by atoms with E-state index in [1.54, 1.807) is 24.3 Å². The summed E-state index contributed by atoms with van der Waals surface area (Å²) in [4.78, 5) is 9.59. The molecule has 0 N–H and O–H groups in total. The summed E-state index contributed by atoms with van der Waals surface area (Å²) in [5.74, 6) is -2.62. The number of nitro groups is 1. The van der Waals surface area contributed by atoms with Gasteiger partial charge in [0.05, 0.1) is 20.6 Å². The van der Waals surface area contributed by atoms with E-state index in [2.05, 4.69) is 0 Å². The maximum Gasteiger partial charge on any atom is 0.275 e. The van der Waals surface area contributed by atoms with Gasteiger partial charge >= 0.3 is 0 Å². The Balaban J connectivity index is 2.42. The Morgan fingerprint density at radius 1 is 1.16 bits per heavy atom. The van der Waals surface area contributed by atoms with Gasteiger partial charge in [-0.05, 0) is 34.7 Å². The summed E-state index contributed by atoms with van der Waals surface area (Å²) >= 11 is 1.95. The fraction of sp³-hybridized carbons (Fsp3) is 0. The van der Waals surface area contributed by atoms with Gasteiger partial charge in [-0.2, -0.15) is 0 Å². The van der Waals surface area contributed by atoms with Crippen LogP contribution in [0, 0.1) is 25.3 Å². The summed E-state index contributed by atoms with van der Waals surface area (Å²) in [6.45, 7) is 0. The number of hydrogen-bond acceptors (Lipinski definition) is 3. The Bertz CT molecular complexity index is 626. The number of ether oxygens (including phenoxy) is 1. The van der Waals surface area contributed by atoms with Crippen LogP contribution in [0.2, 0.25) is 0 Å². The zero-order valence-electron chi connectivity index (χ0n) is 9.27. The van der Waals surface area contributed by atoms with Gasteiger partial charge in [0.1, 0.15) is 5.75 Å². The first kappa shape index (κ1) is 13.7. The molecule has 0 aromatic heterocycles. The summed E-state index contributed by atoms with van der Waals surface area (Å²) in [7, 11) is 0. The smallest absolute Gasteiger partial charge is 0.275 e. The van der Waals surface area contributed by atoms with Crippen LogP contribution >= 0.6 is 22.6 Å². The van der Waals surface area contributed by atoms with Gasteiger partial charge in [-0.1, -0.05) is 12.1 Å². The summed E-state index contributed by atoms with van der Waals surface area (Å²) in [6.07, 6.45) is 0. The van der Waals surface area contributed by atoms with Crippen LogP contribution in [0.25, 0.3) is 0 Å². The minimum absolute atomic E-state index is 0.273. The monoisotopic (exact) mass is 377 g/mol. The maximum absolute atomic E-state index is 13.6. The van der Waals surface area contributed by atoms with E-state index in [0.29, 0.717) is 15.7 Å². The first-order valence-corrected chi connectivity index (χ1v) is 6.12. The van der Waals surface area contributed by atoms with Gasteiger partial charge in [0, 0.05) is 0 Å². The molecule has 4 nitrogen and oxygen atoms in total. The van der Waals surface area contributed by atoms with Crippen LogP contribution in [0.15, 0.2) is 36.4 Å². The Hall–Kier alpha value is -1.77. The molecular formula is C12H6F2INO3. The molecule has 98 valence electrons. The number of non-ortho nitro benzene ring substituents is 1. The van der Waals surface area contributed by atoms with Crippen LogP contribution in [0.1, 0.15) is 0 Å². The first-order chi connectivity index (χ1) is 8.99. The van der Waals surface area contributed by atoms with Crippen molar-refractivity contribution in [2.75, 3.05) is 0 Å². The Labute approximate surface area is 120 Å². The molecular weight excluding hydrogens is 371 g/mol. The van der Waals surface area contributed by atoms with E-state index in [1.165, 1.54) is 0 Å². The number of nitro benzene ring substituents is 1. The van der Waals surface area contributed by atoms with Crippen molar-refractivity contribution >= 4 is 28.3 Å². The number of rotatable bonds is 3. The quantitative estimate of drug-likeness (QED) is 0.456. The normalized spacial score (nSPS) is 10.3. The van der Waals surface area contributed by atoms with Crippen LogP contribution in [-0.4, -0.2) is 4.92 Å². The molecule has 0 amide bonds. The third-order valence-electron chi connectivity index (χ3n) is 2.24. The van der Waals surface area contributed by atoms with E-state index in [-0.39, 0.29) is 5.75 Å². The molecule has 2 aromatic rings. The topological polar surface area (TPSA) is 52.4 Å². The molecule has 0 fully saturated rings. The molecule has 2 aromatic carbocycles. The van der Waals surface area contributed by atoms with Crippen LogP contribution in [0.4, 0.5) is 14.5 Å². The first-order valence-electron chi connectivity index (χ1n) is 5.05. The van der Waals surface area contributed by atoms with Crippen molar-refractivity contribution in [3.8, 4) is 11.5 Å². The molecule has 0 saturated heterocycles. The molecule has 7 heteroatoms. The fourth-order valence-corrected chi connectivity index (χ4v) is 1.88. The predicted octanol–water partition coefficient (Wildman–Crippen LogP) is 4.27. The summed E-state index contributed by atoms with van der Waals surface area (Å²) in [6, 6.07) is 7.89. The van der Waals surface area contributed by atoms with Gasteiger partial charge in [-0.25, -0.2) is 8.78 Å². The highest BCUT2D eigenvalue weighted by atomic mass is 127. The molecule has 0 aliphatic heterocycles. The van der Waals surface area contributed by atoms with Gasteiger partial charge in [0.2, 0.25) is 0 Å². The standard InChI is InChI=1S/C12H6F2INO3/c13-8-5-7(16(17)18)6-9(14)12(8)19-11-4-2-1-3-10(11)15/h1-6H. The lowest BCUT2D eigenvalue weighted by molar-refractivity contribution is -0.385.